The van der Waals surface area contributed by atoms with Gasteiger partial charge in [-0.1, -0.05) is 0 Å². The zero-order chi connectivity index (χ0) is 12.4. The second kappa shape index (κ2) is 4.73. The molecule has 17 heavy (non-hydrogen) atoms. The van der Waals surface area contributed by atoms with Gasteiger partial charge in [-0.15, -0.1) is 0 Å². The molecule has 2 heterocycles. The second-order valence-electron chi connectivity index (χ2n) is 4.62. The molecule has 4 nitrogen and oxygen atoms in total. The summed E-state index contributed by atoms with van der Waals surface area (Å²) in [6.45, 7) is 4.89. The van der Waals surface area contributed by atoms with Crippen LogP contribution in [0.2, 0.25) is 0 Å². The summed E-state index contributed by atoms with van der Waals surface area (Å²) in [6, 6.07) is 4.03. The molecule has 92 valence electrons. The Hall–Kier alpha value is -1.58. The minimum absolute atomic E-state index is 0.122. The molecule has 1 unspecified atom stereocenters. The van der Waals surface area contributed by atoms with Crippen molar-refractivity contribution >= 4 is 11.7 Å². The number of carbonyl (C=O) groups is 1. The van der Waals surface area contributed by atoms with Crippen LogP contribution < -0.4 is 5.32 Å². The Morgan fingerprint density at radius 3 is 2.88 bits per heavy atom. The molecule has 1 atom stereocenters. The first-order valence-electron chi connectivity index (χ1n) is 6.09. The van der Waals surface area contributed by atoms with Gasteiger partial charge < -0.3 is 10.2 Å². The van der Waals surface area contributed by atoms with Gasteiger partial charge >= 0.3 is 0 Å². The smallest absolute Gasteiger partial charge is 0.254 e. The zero-order valence-electron chi connectivity index (χ0n) is 10.7. The van der Waals surface area contributed by atoms with Crippen molar-refractivity contribution in [3.05, 3.63) is 23.4 Å². The van der Waals surface area contributed by atoms with Gasteiger partial charge in [-0.05, 0) is 38.8 Å². The molecule has 1 aliphatic heterocycles. The van der Waals surface area contributed by atoms with E-state index in [2.05, 4.69) is 17.2 Å². The Bertz CT molecular complexity index is 431. The van der Waals surface area contributed by atoms with Gasteiger partial charge in [0.05, 0.1) is 0 Å². The van der Waals surface area contributed by atoms with Crippen LogP contribution >= 0.6 is 0 Å². The van der Waals surface area contributed by atoms with E-state index in [9.17, 15) is 4.79 Å². The van der Waals surface area contributed by atoms with Crippen LogP contribution in [0.25, 0.3) is 0 Å². The Labute approximate surface area is 102 Å². The largest absolute Gasteiger partial charge is 0.373 e. The van der Waals surface area contributed by atoms with E-state index in [4.69, 9.17) is 0 Å². The molecule has 1 fully saturated rings. The first-order chi connectivity index (χ1) is 8.11. The number of likely N-dealkylation sites (tertiary alicyclic amines) is 1. The van der Waals surface area contributed by atoms with E-state index in [1.54, 1.807) is 0 Å². The fourth-order valence-corrected chi connectivity index (χ4v) is 2.32. The maximum absolute atomic E-state index is 12.3. The van der Waals surface area contributed by atoms with Crippen molar-refractivity contribution in [3.63, 3.8) is 0 Å². The molecule has 4 heteroatoms. The molecule has 1 aliphatic rings. The summed E-state index contributed by atoms with van der Waals surface area (Å²) in [5, 5.41) is 2.98. The van der Waals surface area contributed by atoms with E-state index >= 15 is 0 Å². The summed E-state index contributed by atoms with van der Waals surface area (Å²) in [5.74, 6) is 0.872. The highest BCUT2D eigenvalue weighted by Crippen LogP contribution is 2.20. The van der Waals surface area contributed by atoms with E-state index in [0.717, 1.165) is 36.5 Å². The highest BCUT2D eigenvalue weighted by Gasteiger charge is 2.26. The number of hydrogen-bond donors (Lipinski definition) is 1. The Balaban J connectivity index is 2.27. The summed E-state index contributed by atoms with van der Waals surface area (Å²) >= 11 is 0. The predicted molar refractivity (Wildman–Crippen MR) is 68.3 cm³/mol. The summed E-state index contributed by atoms with van der Waals surface area (Å²) in [6.07, 6.45) is 2.21. The number of nitrogens with one attached hydrogen (secondary N) is 1. The van der Waals surface area contributed by atoms with Crippen molar-refractivity contribution in [2.45, 2.75) is 32.7 Å². The third-order valence-corrected chi connectivity index (χ3v) is 3.27. The van der Waals surface area contributed by atoms with Crippen molar-refractivity contribution < 1.29 is 4.79 Å². The second-order valence-corrected chi connectivity index (χ2v) is 4.62. The lowest BCUT2D eigenvalue weighted by molar-refractivity contribution is 0.0747. The van der Waals surface area contributed by atoms with Gasteiger partial charge in [0, 0.05) is 30.9 Å². The van der Waals surface area contributed by atoms with Gasteiger partial charge in [-0.3, -0.25) is 4.79 Å². The van der Waals surface area contributed by atoms with Gasteiger partial charge in [-0.2, -0.15) is 0 Å². The van der Waals surface area contributed by atoms with Gasteiger partial charge in [-0.25, -0.2) is 4.98 Å². The lowest BCUT2D eigenvalue weighted by Crippen LogP contribution is -2.33. The third-order valence-electron chi connectivity index (χ3n) is 3.27. The van der Waals surface area contributed by atoms with Crippen LogP contribution in [-0.4, -0.2) is 35.4 Å². The van der Waals surface area contributed by atoms with Crippen molar-refractivity contribution in [1.82, 2.24) is 9.88 Å². The number of aromatic nitrogens is 1. The van der Waals surface area contributed by atoms with Crippen LogP contribution in [0.4, 0.5) is 5.82 Å². The minimum Gasteiger partial charge on any atom is -0.373 e. The number of amides is 1. The van der Waals surface area contributed by atoms with Gasteiger partial charge in [0.1, 0.15) is 5.82 Å². The molecule has 0 saturated carbocycles. The van der Waals surface area contributed by atoms with Crippen LogP contribution in [0, 0.1) is 6.92 Å². The maximum Gasteiger partial charge on any atom is 0.254 e. The summed E-state index contributed by atoms with van der Waals surface area (Å²) < 4.78 is 0. The highest BCUT2D eigenvalue weighted by molar-refractivity contribution is 5.95. The van der Waals surface area contributed by atoms with Crippen molar-refractivity contribution in [2.75, 3.05) is 18.9 Å². The predicted octanol–water partition coefficient (Wildman–Crippen LogP) is 2.06. The topological polar surface area (TPSA) is 45.2 Å². The molecule has 0 spiro atoms. The lowest BCUT2D eigenvalue weighted by atomic mass is 10.2. The third kappa shape index (κ3) is 2.40. The van der Waals surface area contributed by atoms with E-state index in [1.807, 2.05) is 31.0 Å². The minimum atomic E-state index is 0.122. The molecule has 1 saturated heterocycles. The summed E-state index contributed by atoms with van der Waals surface area (Å²) in [7, 11) is 1.81. The van der Waals surface area contributed by atoms with Crippen molar-refractivity contribution in [3.8, 4) is 0 Å². The van der Waals surface area contributed by atoms with Crippen LogP contribution in [-0.2, 0) is 0 Å². The average Bonchev–Trinajstić information content (AvgIpc) is 2.73. The molecular formula is C13H19N3O. The van der Waals surface area contributed by atoms with Crippen LogP contribution in [0.5, 0.6) is 0 Å². The standard InChI is InChI=1S/C13H19N3O/c1-9-7-11(8-12(14-3)15-9)13(17)16-6-4-5-10(16)2/h7-8,10H,4-6H2,1-3H3,(H,14,15). The Kier molecular flexibility index (Phi) is 3.31. The van der Waals surface area contributed by atoms with Crippen LogP contribution in [0.15, 0.2) is 12.1 Å². The number of carbonyl (C=O) groups excluding carboxylic acids is 1. The Morgan fingerprint density at radius 2 is 2.29 bits per heavy atom. The average molecular weight is 233 g/mol. The van der Waals surface area contributed by atoms with Crippen LogP contribution in [0.3, 0.4) is 0 Å². The van der Waals surface area contributed by atoms with E-state index in [1.165, 1.54) is 0 Å². The van der Waals surface area contributed by atoms with Gasteiger partial charge in [0.15, 0.2) is 0 Å². The fraction of sp³-hybridized carbons (Fsp3) is 0.538. The molecule has 2 rings (SSSR count). The number of pyridine rings is 1. The molecule has 1 aromatic rings. The quantitative estimate of drug-likeness (QED) is 0.850. The number of nitrogens with zero attached hydrogens (tertiary/aromatic N) is 2. The van der Waals surface area contributed by atoms with E-state index in [0.29, 0.717) is 6.04 Å². The van der Waals surface area contributed by atoms with Crippen LogP contribution in [0.1, 0.15) is 35.8 Å². The van der Waals surface area contributed by atoms with E-state index < -0.39 is 0 Å². The molecule has 0 radical (unpaired) electrons. The molecular weight excluding hydrogens is 214 g/mol. The van der Waals surface area contributed by atoms with Gasteiger partial charge in [0.25, 0.3) is 5.91 Å². The molecule has 1 N–H and O–H groups in total. The zero-order valence-corrected chi connectivity index (χ0v) is 10.7. The normalized spacial score (nSPS) is 19.5. The molecule has 1 aromatic heterocycles. The van der Waals surface area contributed by atoms with E-state index in [-0.39, 0.29) is 5.91 Å². The number of hydrogen-bond acceptors (Lipinski definition) is 3. The first kappa shape index (κ1) is 11.9. The van der Waals surface area contributed by atoms with Crippen molar-refractivity contribution in [2.24, 2.45) is 0 Å². The number of rotatable bonds is 2. The van der Waals surface area contributed by atoms with Gasteiger partial charge in [0.2, 0.25) is 0 Å². The SMILES string of the molecule is CNc1cc(C(=O)N2CCCC2C)cc(C)n1. The monoisotopic (exact) mass is 233 g/mol. The molecule has 1 amide bonds. The lowest BCUT2D eigenvalue weighted by Gasteiger charge is -2.21. The highest BCUT2D eigenvalue weighted by atomic mass is 16.2. The van der Waals surface area contributed by atoms with Crippen molar-refractivity contribution in [1.29, 1.82) is 0 Å². The first-order valence-corrected chi connectivity index (χ1v) is 6.09. The number of anilines is 1. The Morgan fingerprint density at radius 1 is 1.53 bits per heavy atom. The maximum atomic E-state index is 12.3. The molecule has 0 aromatic carbocycles. The molecule has 0 bridgehead atoms. The number of aryl methyl sites for hydroxylation is 1. The summed E-state index contributed by atoms with van der Waals surface area (Å²) in [5.41, 5.74) is 1.60. The molecule has 0 aliphatic carbocycles. The fourth-order valence-electron chi connectivity index (χ4n) is 2.32. The summed E-state index contributed by atoms with van der Waals surface area (Å²) in [4.78, 5) is 18.6.